The normalized spacial score (nSPS) is 18.1. The Hall–Kier alpha value is -3.67. The number of aromatic nitrogens is 1. The molecule has 1 aliphatic heterocycles. The monoisotopic (exact) mass is 387 g/mol. The quantitative estimate of drug-likeness (QED) is 0.742. The number of hydrogen-bond donors (Lipinski definition) is 1. The van der Waals surface area contributed by atoms with Gasteiger partial charge >= 0.3 is 0 Å². The summed E-state index contributed by atoms with van der Waals surface area (Å²) in [6, 6.07) is 19.9. The van der Waals surface area contributed by atoms with Gasteiger partial charge in [-0.2, -0.15) is 0 Å². The number of nitrogens with one attached hydrogen (secondary N) is 1. The zero-order valence-electron chi connectivity index (χ0n) is 16.2. The molecular formula is C23H21N3O3. The number of pyridine rings is 1. The topological polar surface area (TPSA) is 71.5 Å². The second kappa shape index (κ2) is 7.75. The van der Waals surface area contributed by atoms with Crippen LogP contribution in [0.15, 0.2) is 72.9 Å². The molecule has 2 heterocycles. The highest BCUT2D eigenvalue weighted by Gasteiger charge is 2.42. The molecule has 0 fully saturated rings. The molecule has 0 spiro atoms. The Balaban J connectivity index is 1.76. The summed E-state index contributed by atoms with van der Waals surface area (Å²) in [6.07, 6.45) is 1.55. The molecule has 0 saturated carbocycles. The SMILES string of the molecule is COc1ccc(NC(=O)[C@H]2c3ccccc3C(=O)N(C)[C@H]2c2ccccc2)cn1. The zero-order valence-corrected chi connectivity index (χ0v) is 16.2. The maximum atomic E-state index is 13.4. The van der Waals surface area contributed by atoms with Crippen LogP contribution in [0.4, 0.5) is 5.69 Å². The molecule has 0 saturated heterocycles. The number of ether oxygens (including phenoxy) is 1. The molecule has 3 aromatic rings. The molecule has 6 heteroatoms. The smallest absolute Gasteiger partial charge is 0.254 e. The predicted octanol–water partition coefficient (Wildman–Crippen LogP) is 3.64. The van der Waals surface area contributed by atoms with Crippen LogP contribution in [0.2, 0.25) is 0 Å². The number of likely N-dealkylation sites (N-methyl/N-ethyl adjacent to an activating group) is 1. The van der Waals surface area contributed by atoms with Crippen molar-refractivity contribution >= 4 is 17.5 Å². The van der Waals surface area contributed by atoms with E-state index in [1.165, 1.54) is 7.11 Å². The van der Waals surface area contributed by atoms with Crippen LogP contribution in [0.3, 0.4) is 0 Å². The summed E-state index contributed by atoms with van der Waals surface area (Å²) in [7, 11) is 3.28. The third-order valence-electron chi connectivity index (χ3n) is 5.22. The molecule has 29 heavy (non-hydrogen) atoms. The molecule has 1 N–H and O–H groups in total. The van der Waals surface area contributed by atoms with Crippen molar-refractivity contribution in [2.45, 2.75) is 12.0 Å². The molecule has 4 rings (SSSR count). The summed E-state index contributed by atoms with van der Waals surface area (Å²) in [5.74, 6) is -0.376. The van der Waals surface area contributed by atoms with E-state index < -0.39 is 12.0 Å². The third kappa shape index (κ3) is 3.45. The minimum absolute atomic E-state index is 0.0929. The van der Waals surface area contributed by atoms with E-state index in [1.54, 1.807) is 36.3 Å². The number of nitrogens with zero attached hydrogens (tertiary/aromatic N) is 2. The van der Waals surface area contributed by atoms with Gasteiger partial charge in [0.05, 0.1) is 31.0 Å². The molecule has 0 bridgehead atoms. The van der Waals surface area contributed by atoms with Crippen molar-refractivity contribution < 1.29 is 14.3 Å². The fraction of sp³-hybridized carbons (Fsp3) is 0.174. The lowest BCUT2D eigenvalue weighted by molar-refractivity contribution is -0.119. The summed E-state index contributed by atoms with van der Waals surface area (Å²) < 4.78 is 5.07. The van der Waals surface area contributed by atoms with E-state index in [-0.39, 0.29) is 11.8 Å². The van der Waals surface area contributed by atoms with Crippen LogP contribution in [0.5, 0.6) is 5.88 Å². The lowest BCUT2D eigenvalue weighted by Gasteiger charge is -2.39. The number of anilines is 1. The highest BCUT2D eigenvalue weighted by Crippen LogP contribution is 2.42. The fourth-order valence-electron chi connectivity index (χ4n) is 3.82. The molecule has 2 aromatic carbocycles. The number of fused-ring (bicyclic) bond motifs is 1. The minimum atomic E-state index is -0.557. The minimum Gasteiger partial charge on any atom is -0.481 e. The molecular weight excluding hydrogens is 366 g/mol. The summed E-state index contributed by atoms with van der Waals surface area (Å²) in [5, 5.41) is 2.94. The van der Waals surface area contributed by atoms with Crippen molar-refractivity contribution in [3.63, 3.8) is 0 Å². The maximum Gasteiger partial charge on any atom is 0.254 e. The second-order valence-corrected chi connectivity index (χ2v) is 6.91. The standard InChI is InChI=1S/C23H21N3O3/c1-26-21(15-8-4-3-5-9-15)20(17-10-6-7-11-18(17)23(26)28)22(27)25-16-12-13-19(29-2)24-14-16/h3-14,20-21H,1-2H3,(H,25,27)/t20-,21-/m0/s1. The summed E-state index contributed by atoms with van der Waals surface area (Å²) in [5.41, 5.74) is 2.75. The first-order valence-electron chi connectivity index (χ1n) is 9.32. The average molecular weight is 387 g/mol. The Morgan fingerprint density at radius 2 is 1.76 bits per heavy atom. The highest BCUT2D eigenvalue weighted by atomic mass is 16.5. The van der Waals surface area contributed by atoms with Crippen molar-refractivity contribution in [1.29, 1.82) is 0 Å². The summed E-state index contributed by atoms with van der Waals surface area (Å²) in [4.78, 5) is 32.2. The van der Waals surface area contributed by atoms with E-state index in [0.717, 1.165) is 11.1 Å². The van der Waals surface area contributed by atoms with Gasteiger partial charge in [-0.05, 0) is 23.3 Å². The zero-order chi connectivity index (χ0) is 20.4. The van der Waals surface area contributed by atoms with Gasteiger partial charge in [0.2, 0.25) is 11.8 Å². The molecule has 0 aliphatic carbocycles. The van der Waals surface area contributed by atoms with Gasteiger partial charge in [-0.15, -0.1) is 0 Å². The van der Waals surface area contributed by atoms with E-state index >= 15 is 0 Å². The number of benzene rings is 2. The molecule has 1 aliphatic rings. The van der Waals surface area contributed by atoms with Gasteiger partial charge in [-0.1, -0.05) is 48.5 Å². The highest BCUT2D eigenvalue weighted by molar-refractivity contribution is 6.04. The Morgan fingerprint density at radius 3 is 2.45 bits per heavy atom. The van der Waals surface area contributed by atoms with Crippen molar-refractivity contribution in [2.75, 3.05) is 19.5 Å². The van der Waals surface area contributed by atoms with Gasteiger partial charge in [0.1, 0.15) is 0 Å². The lowest BCUT2D eigenvalue weighted by Crippen LogP contribution is -2.44. The van der Waals surface area contributed by atoms with Crippen LogP contribution >= 0.6 is 0 Å². The number of methoxy groups -OCH3 is 1. The average Bonchev–Trinajstić information content (AvgIpc) is 2.77. The molecule has 2 atom stereocenters. The Kier molecular flexibility index (Phi) is 4.99. The first-order chi connectivity index (χ1) is 14.1. The number of amides is 2. The van der Waals surface area contributed by atoms with E-state index in [4.69, 9.17) is 4.74 Å². The fourth-order valence-corrected chi connectivity index (χ4v) is 3.82. The third-order valence-corrected chi connectivity index (χ3v) is 5.22. The largest absolute Gasteiger partial charge is 0.481 e. The van der Waals surface area contributed by atoms with Crippen LogP contribution in [0.25, 0.3) is 0 Å². The molecule has 0 radical (unpaired) electrons. The first kappa shape index (κ1) is 18.7. The van der Waals surface area contributed by atoms with Crippen molar-refractivity contribution in [3.8, 4) is 5.88 Å². The van der Waals surface area contributed by atoms with Crippen LogP contribution in [-0.4, -0.2) is 35.9 Å². The molecule has 146 valence electrons. The summed E-state index contributed by atoms with van der Waals surface area (Å²) in [6.45, 7) is 0. The number of carbonyl (C=O) groups excluding carboxylic acids is 2. The lowest BCUT2D eigenvalue weighted by atomic mass is 9.79. The first-order valence-corrected chi connectivity index (χ1v) is 9.32. The van der Waals surface area contributed by atoms with Crippen LogP contribution in [0.1, 0.15) is 33.4 Å². The number of hydrogen-bond acceptors (Lipinski definition) is 4. The van der Waals surface area contributed by atoms with E-state index in [2.05, 4.69) is 10.3 Å². The predicted molar refractivity (Wildman–Crippen MR) is 110 cm³/mol. The number of rotatable bonds is 4. The Labute approximate surface area is 169 Å². The Bertz CT molecular complexity index is 1030. The van der Waals surface area contributed by atoms with Crippen molar-refractivity contribution in [1.82, 2.24) is 9.88 Å². The molecule has 6 nitrogen and oxygen atoms in total. The van der Waals surface area contributed by atoms with Crippen molar-refractivity contribution in [3.05, 3.63) is 89.6 Å². The van der Waals surface area contributed by atoms with Crippen LogP contribution < -0.4 is 10.1 Å². The molecule has 1 aromatic heterocycles. The van der Waals surface area contributed by atoms with Gasteiger partial charge in [-0.3, -0.25) is 9.59 Å². The van der Waals surface area contributed by atoms with E-state index in [9.17, 15) is 9.59 Å². The maximum absolute atomic E-state index is 13.4. The van der Waals surface area contributed by atoms with E-state index in [0.29, 0.717) is 17.1 Å². The second-order valence-electron chi connectivity index (χ2n) is 6.91. The summed E-state index contributed by atoms with van der Waals surface area (Å²) >= 11 is 0. The van der Waals surface area contributed by atoms with Gasteiger partial charge in [0.25, 0.3) is 5.91 Å². The van der Waals surface area contributed by atoms with Crippen LogP contribution in [-0.2, 0) is 4.79 Å². The van der Waals surface area contributed by atoms with Crippen LogP contribution in [0, 0.1) is 0 Å². The molecule has 0 unspecified atom stereocenters. The number of carbonyl (C=O) groups is 2. The van der Waals surface area contributed by atoms with Crippen molar-refractivity contribution in [2.24, 2.45) is 0 Å². The van der Waals surface area contributed by atoms with E-state index in [1.807, 2.05) is 48.5 Å². The molecule has 2 amide bonds. The Morgan fingerprint density at radius 1 is 1.03 bits per heavy atom. The van der Waals surface area contributed by atoms with Gasteiger partial charge in [-0.25, -0.2) is 4.98 Å². The van der Waals surface area contributed by atoms with Gasteiger partial charge < -0.3 is 15.0 Å². The van der Waals surface area contributed by atoms with Gasteiger partial charge in [0, 0.05) is 18.7 Å². The van der Waals surface area contributed by atoms with Gasteiger partial charge in [0.15, 0.2) is 0 Å².